The van der Waals surface area contributed by atoms with E-state index in [2.05, 4.69) is 24.0 Å². The summed E-state index contributed by atoms with van der Waals surface area (Å²) in [6, 6.07) is 8.35. The van der Waals surface area contributed by atoms with E-state index in [1.54, 1.807) is 11.3 Å². The second-order valence-corrected chi connectivity index (χ2v) is 6.41. The largest absolute Gasteiger partial charge is 0.487 e. The fourth-order valence-corrected chi connectivity index (χ4v) is 2.84. The summed E-state index contributed by atoms with van der Waals surface area (Å²) in [5.41, 5.74) is 2.33. The van der Waals surface area contributed by atoms with Crippen LogP contribution in [0.5, 0.6) is 5.75 Å². The highest BCUT2D eigenvalue weighted by atomic mass is 32.1. The van der Waals surface area contributed by atoms with Gasteiger partial charge in [0.05, 0.1) is 23.4 Å². The molecule has 4 heteroatoms. The van der Waals surface area contributed by atoms with Crippen LogP contribution >= 0.6 is 11.3 Å². The van der Waals surface area contributed by atoms with Crippen molar-refractivity contribution in [2.24, 2.45) is 5.92 Å². The first-order valence-corrected chi connectivity index (χ1v) is 7.83. The van der Waals surface area contributed by atoms with Gasteiger partial charge in [0.25, 0.3) is 0 Å². The Balaban J connectivity index is 1.52. The highest BCUT2D eigenvalue weighted by molar-refractivity contribution is 7.09. The summed E-state index contributed by atoms with van der Waals surface area (Å²) in [5.74, 6) is 1.49. The van der Waals surface area contributed by atoms with Gasteiger partial charge in [-0.3, -0.25) is 0 Å². The third-order valence-corrected chi connectivity index (χ3v) is 4.35. The van der Waals surface area contributed by atoms with Crippen LogP contribution < -0.4 is 4.74 Å². The topological polar surface area (TPSA) is 34.6 Å². The SMILES string of the molecule is Cc1nc(COc2ccc(CC(C)C3CO3)cc2)cs1. The molecule has 1 aliphatic rings. The lowest BCUT2D eigenvalue weighted by atomic mass is 9.98. The van der Waals surface area contributed by atoms with Gasteiger partial charge in [0.1, 0.15) is 12.4 Å². The zero-order valence-electron chi connectivity index (χ0n) is 11.8. The molecule has 0 aliphatic carbocycles. The van der Waals surface area contributed by atoms with E-state index < -0.39 is 0 Å². The average Bonchev–Trinajstić information content (AvgIpc) is 3.22. The molecular weight excluding hydrogens is 270 g/mol. The van der Waals surface area contributed by atoms with Crippen molar-refractivity contribution < 1.29 is 9.47 Å². The maximum Gasteiger partial charge on any atom is 0.131 e. The molecule has 0 amide bonds. The second kappa shape index (κ2) is 5.94. The standard InChI is InChI=1S/C16H19NO2S/c1-11(16-9-19-16)7-13-3-5-15(6-4-13)18-8-14-10-20-12(2)17-14/h3-6,10-11,16H,7-9H2,1-2H3. The molecule has 0 spiro atoms. The number of benzene rings is 1. The molecule has 2 aromatic rings. The fraction of sp³-hybridized carbons (Fsp3) is 0.438. The van der Waals surface area contributed by atoms with E-state index in [-0.39, 0.29) is 0 Å². The highest BCUT2D eigenvalue weighted by Gasteiger charge is 2.29. The van der Waals surface area contributed by atoms with E-state index in [0.29, 0.717) is 18.6 Å². The van der Waals surface area contributed by atoms with E-state index in [0.717, 1.165) is 29.5 Å². The Morgan fingerprint density at radius 3 is 2.75 bits per heavy atom. The predicted octanol–water partition coefficient (Wildman–Crippen LogP) is 3.61. The lowest BCUT2D eigenvalue weighted by Crippen LogP contribution is -2.06. The van der Waals surface area contributed by atoms with E-state index >= 15 is 0 Å². The highest BCUT2D eigenvalue weighted by Crippen LogP contribution is 2.24. The number of hydrogen-bond donors (Lipinski definition) is 0. The van der Waals surface area contributed by atoms with Crippen LogP contribution in [0.1, 0.15) is 23.2 Å². The van der Waals surface area contributed by atoms with Crippen molar-refractivity contribution in [3.8, 4) is 5.75 Å². The van der Waals surface area contributed by atoms with Crippen molar-refractivity contribution in [2.45, 2.75) is 33.0 Å². The first-order chi connectivity index (χ1) is 9.70. The molecular formula is C16H19NO2S. The molecule has 0 radical (unpaired) electrons. The number of thiazole rings is 1. The van der Waals surface area contributed by atoms with Crippen molar-refractivity contribution in [1.29, 1.82) is 0 Å². The Kier molecular flexibility index (Phi) is 4.03. The molecule has 2 atom stereocenters. The Hall–Kier alpha value is -1.39. The summed E-state index contributed by atoms with van der Waals surface area (Å²) in [7, 11) is 0. The van der Waals surface area contributed by atoms with Crippen molar-refractivity contribution >= 4 is 11.3 Å². The van der Waals surface area contributed by atoms with Crippen LogP contribution in [-0.2, 0) is 17.8 Å². The quantitative estimate of drug-likeness (QED) is 0.762. The number of nitrogens with zero attached hydrogens (tertiary/aromatic N) is 1. The van der Waals surface area contributed by atoms with Crippen LogP contribution in [0.15, 0.2) is 29.6 Å². The number of aromatic nitrogens is 1. The lowest BCUT2D eigenvalue weighted by molar-refractivity contribution is 0.301. The maximum atomic E-state index is 5.74. The molecule has 0 bridgehead atoms. The van der Waals surface area contributed by atoms with Gasteiger partial charge >= 0.3 is 0 Å². The van der Waals surface area contributed by atoms with Crippen LogP contribution in [0.3, 0.4) is 0 Å². The number of aryl methyl sites for hydroxylation is 1. The molecule has 0 saturated carbocycles. The maximum absolute atomic E-state index is 5.74. The Morgan fingerprint density at radius 1 is 1.40 bits per heavy atom. The zero-order chi connectivity index (χ0) is 13.9. The van der Waals surface area contributed by atoms with Crippen LogP contribution in [0, 0.1) is 12.8 Å². The zero-order valence-corrected chi connectivity index (χ0v) is 12.7. The number of ether oxygens (including phenoxy) is 2. The molecule has 1 fully saturated rings. The van der Waals surface area contributed by atoms with E-state index in [1.807, 2.05) is 24.4 Å². The fourth-order valence-electron chi connectivity index (χ4n) is 2.24. The molecule has 2 heterocycles. The van der Waals surface area contributed by atoms with E-state index in [1.165, 1.54) is 5.56 Å². The molecule has 1 aliphatic heterocycles. The molecule has 1 aromatic heterocycles. The van der Waals surface area contributed by atoms with Gasteiger partial charge < -0.3 is 9.47 Å². The smallest absolute Gasteiger partial charge is 0.131 e. The monoisotopic (exact) mass is 289 g/mol. The molecule has 106 valence electrons. The van der Waals surface area contributed by atoms with Gasteiger partial charge in [-0.15, -0.1) is 11.3 Å². The summed E-state index contributed by atoms with van der Waals surface area (Å²) in [6.07, 6.45) is 1.54. The molecule has 1 aromatic carbocycles. The van der Waals surface area contributed by atoms with Gasteiger partial charge in [-0.05, 0) is 37.0 Å². The Morgan fingerprint density at radius 2 is 2.15 bits per heavy atom. The Labute approximate surface area is 123 Å². The van der Waals surface area contributed by atoms with Crippen LogP contribution in [0.4, 0.5) is 0 Å². The van der Waals surface area contributed by atoms with Crippen molar-refractivity contribution in [2.75, 3.05) is 6.61 Å². The summed E-state index contributed by atoms with van der Waals surface area (Å²) >= 11 is 1.65. The molecule has 1 saturated heterocycles. The van der Waals surface area contributed by atoms with Gasteiger partial charge in [-0.25, -0.2) is 4.98 Å². The minimum absolute atomic E-state index is 0.471. The number of epoxide rings is 1. The van der Waals surface area contributed by atoms with Crippen LogP contribution in [0.25, 0.3) is 0 Å². The summed E-state index contributed by atoms with van der Waals surface area (Å²) in [4.78, 5) is 4.39. The Bertz CT molecular complexity index is 560. The van der Waals surface area contributed by atoms with Crippen molar-refractivity contribution in [3.63, 3.8) is 0 Å². The molecule has 2 unspecified atom stereocenters. The van der Waals surface area contributed by atoms with Crippen molar-refractivity contribution in [1.82, 2.24) is 4.98 Å². The lowest BCUT2D eigenvalue weighted by Gasteiger charge is -2.09. The average molecular weight is 289 g/mol. The third-order valence-electron chi connectivity index (χ3n) is 3.53. The van der Waals surface area contributed by atoms with Gasteiger partial charge in [-0.1, -0.05) is 19.1 Å². The molecule has 0 N–H and O–H groups in total. The predicted molar refractivity (Wildman–Crippen MR) is 80.2 cm³/mol. The molecule has 3 rings (SSSR count). The van der Waals surface area contributed by atoms with Gasteiger partial charge in [0, 0.05) is 5.38 Å². The van der Waals surface area contributed by atoms with E-state index in [9.17, 15) is 0 Å². The normalized spacial score (nSPS) is 18.8. The van der Waals surface area contributed by atoms with Gasteiger partial charge in [-0.2, -0.15) is 0 Å². The third kappa shape index (κ3) is 3.58. The van der Waals surface area contributed by atoms with E-state index in [4.69, 9.17) is 9.47 Å². The summed E-state index contributed by atoms with van der Waals surface area (Å²) in [6.45, 7) is 5.71. The number of rotatable bonds is 6. The van der Waals surface area contributed by atoms with Crippen molar-refractivity contribution in [3.05, 3.63) is 45.9 Å². The van der Waals surface area contributed by atoms with Crippen LogP contribution in [0.2, 0.25) is 0 Å². The molecule has 20 heavy (non-hydrogen) atoms. The van der Waals surface area contributed by atoms with Gasteiger partial charge in [0.2, 0.25) is 0 Å². The minimum Gasteiger partial charge on any atom is -0.487 e. The summed E-state index contributed by atoms with van der Waals surface area (Å²) < 4.78 is 11.1. The van der Waals surface area contributed by atoms with Gasteiger partial charge in [0.15, 0.2) is 0 Å². The minimum atomic E-state index is 0.471. The molecule has 3 nitrogen and oxygen atoms in total. The second-order valence-electron chi connectivity index (χ2n) is 5.34. The summed E-state index contributed by atoms with van der Waals surface area (Å²) in [5, 5.41) is 3.12. The number of hydrogen-bond acceptors (Lipinski definition) is 4. The van der Waals surface area contributed by atoms with Crippen LogP contribution in [-0.4, -0.2) is 17.7 Å². The first kappa shape index (κ1) is 13.6. The first-order valence-electron chi connectivity index (χ1n) is 6.95.